The molecule has 3 aromatic carbocycles. The van der Waals surface area contributed by atoms with Crippen molar-refractivity contribution >= 4 is 0 Å². The Balaban J connectivity index is 1.95. The molecule has 146 valence electrons. The minimum Gasteiger partial charge on any atom is -0.386 e. The van der Waals surface area contributed by atoms with Gasteiger partial charge in [-0.15, -0.1) is 0 Å². The zero-order valence-electron chi connectivity index (χ0n) is 16.8. The van der Waals surface area contributed by atoms with E-state index in [2.05, 4.69) is 41.0 Å². The lowest BCUT2D eigenvalue weighted by Gasteiger charge is -2.31. The highest BCUT2D eigenvalue weighted by atomic mass is 16.3. The van der Waals surface area contributed by atoms with Gasteiger partial charge in [-0.2, -0.15) is 0 Å². The number of nitrogens with zero attached hydrogens (tertiary/aromatic N) is 1. The second kappa shape index (κ2) is 11.0. The van der Waals surface area contributed by atoms with Gasteiger partial charge in [-0.25, -0.2) is 0 Å². The summed E-state index contributed by atoms with van der Waals surface area (Å²) in [5, 5.41) is 10.9. The average molecular weight is 382 g/mol. The molecule has 2 heteroatoms. The monoisotopic (exact) mass is 381 g/mol. The average Bonchev–Trinajstić information content (AvgIpc) is 2.76. The van der Waals surface area contributed by atoms with E-state index in [0.29, 0.717) is 13.1 Å². The summed E-state index contributed by atoms with van der Waals surface area (Å²) in [5.41, 5.74) is 3.34. The number of rotatable bonds is 7. The molecule has 0 unspecified atom stereocenters. The molecule has 0 radical (unpaired) electrons. The molecule has 3 rings (SSSR count). The van der Waals surface area contributed by atoms with Crippen molar-refractivity contribution in [3.63, 3.8) is 0 Å². The number of aliphatic hydroxyl groups is 1. The molecule has 3 aromatic rings. The van der Waals surface area contributed by atoms with E-state index in [4.69, 9.17) is 0 Å². The van der Waals surface area contributed by atoms with Gasteiger partial charge < -0.3 is 5.11 Å². The van der Waals surface area contributed by atoms with E-state index < -0.39 is 6.10 Å². The molecule has 1 N–H and O–H groups in total. The minimum atomic E-state index is -0.677. The molecular weight excluding hydrogens is 354 g/mol. The van der Waals surface area contributed by atoms with Crippen LogP contribution in [0.2, 0.25) is 0 Å². The van der Waals surface area contributed by atoms with Crippen molar-refractivity contribution in [2.45, 2.75) is 32.2 Å². The smallest absolute Gasteiger partial charge is 0.102 e. The van der Waals surface area contributed by atoms with Crippen LogP contribution in [0.4, 0.5) is 0 Å². The Morgan fingerprint density at radius 1 is 0.793 bits per heavy atom. The van der Waals surface area contributed by atoms with Gasteiger partial charge in [0.1, 0.15) is 6.04 Å². The largest absolute Gasteiger partial charge is 0.386 e. The summed E-state index contributed by atoms with van der Waals surface area (Å²) in [6, 6.07) is 30.3. The molecule has 0 heterocycles. The molecule has 0 fully saturated rings. The molecule has 0 aliphatic heterocycles. The lowest BCUT2D eigenvalue weighted by molar-refractivity contribution is 0.0994. The standard InChI is InChI=1S/C27H27NO/c1-2-12-27(29)26(20-19-23-13-6-3-7-14-23)28(21-24-15-8-4-9-16-24)22-25-17-10-5-11-18-25/h2-18,26-27,29H,21-22H2,1H3/b12-2+/t26-,27-/m1/s1. The quantitative estimate of drug-likeness (QED) is 0.457. The molecule has 29 heavy (non-hydrogen) atoms. The summed E-state index contributed by atoms with van der Waals surface area (Å²) in [5.74, 6) is 6.59. The SMILES string of the molecule is C/C=C/[C@@H](O)[C@@H](C#Cc1ccccc1)N(Cc1ccccc1)Cc1ccccc1. The van der Waals surface area contributed by atoms with Crippen LogP contribution < -0.4 is 0 Å². The highest BCUT2D eigenvalue weighted by molar-refractivity contribution is 5.36. The number of hydrogen-bond acceptors (Lipinski definition) is 2. The lowest BCUT2D eigenvalue weighted by atomic mass is 10.0. The third kappa shape index (κ3) is 6.47. The van der Waals surface area contributed by atoms with Crippen LogP contribution in [0.1, 0.15) is 23.6 Å². The lowest BCUT2D eigenvalue weighted by Crippen LogP contribution is -2.41. The maximum Gasteiger partial charge on any atom is 0.102 e. The molecule has 2 atom stereocenters. The van der Waals surface area contributed by atoms with Gasteiger partial charge in [0.2, 0.25) is 0 Å². The Bertz CT molecular complexity index is 898. The van der Waals surface area contributed by atoms with Crippen molar-refractivity contribution in [2.24, 2.45) is 0 Å². The highest BCUT2D eigenvalue weighted by Crippen LogP contribution is 2.16. The van der Waals surface area contributed by atoms with Gasteiger partial charge in [0, 0.05) is 18.7 Å². The fourth-order valence-electron chi connectivity index (χ4n) is 3.26. The van der Waals surface area contributed by atoms with Crippen LogP contribution in [0, 0.1) is 11.8 Å². The van der Waals surface area contributed by atoms with E-state index >= 15 is 0 Å². The van der Waals surface area contributed by atoms with Crippen molar-refractivity contribution < 1.29 is 5.11 Å². The van der Waals surface area contributed by atoms with Crippen molar-refractivity contribution in [3.05, 3.63) is 120 Å². The first-order valence-electron chi connectivity index (χ1n) is 9.95. The maximum atomic E-state index is 10.9. The van der Waals surface area contributed by atoms with Gasteiger partial charge in [-0.05, 0) is 30.2 Å². The zero-order valence-corrected chi connectivity index (χ0v) is 16.8. The molecule has 2 nitrogen and oxygen atoms in total. The van der Waals surface area contributed by atoms with Crippen LogP contribution in [0.3, 0.4) is 0 Å². The fourth-order valence-corrected chi connectivity index (χ4v) is 3.26. The number of hydrogen-bond donors (Lipinski definition) is 1. The normalized spacial score (nSPS) is 13.1. The van der Waals surface area contributed by atoms with Gasteiger partial charge in [0.25, 0.3) is 0 Å². The predicted octanol–water partition coefficient (Wildman–Crippen LogP) is 5.05. The van der Waals surface area contributed by atoms with Crippen molar-refractivity contribution in [1.82, 2.24) is 4.90 Å². The van der Waals surface area contributed by atoms with Crippen molar-refractivity contribution in [1.29, 1.82) is 0 Å². The summed E-state index contributed by atoms with van der Waals surface area (Å²) in [7, 11) is 0. The summed E-state index contributed by atoms with van der Waals surface area (Å²) in [6.45, 7) is 3.33. The fraction of sp³-hybridized carbons (Fsp3) is 0.185. The second-order valence-electron chi connectivity index (χ2n) is 6.97. The van der Waals surface area contributed by atoms with Crippen LogP contribution in [0.25, 0.3) is 0 Å². The van der Waals surface area contributed by atoms with Crippen LogP contribution in [0.5, 0.6) is 0 Å². The predicted molar refractivity (Wildman–Crippen MR) is 120 cm³/mol. The van der Waals surface area contributed by atoms with Crippen LogP contribution in [-0.4, -0.2) is 22.2 Å². The van der Waals surface area contributed by atoms with Crippen LogP contribution in [0.15, 0.2) is 103 Å². The molecule has 0 bridgehead atoms. The first-order chi connectivity index (χ1) is 14.3. The molecular formula is C27H27NO. The van der Waals surface area contributed by atoms with Gasteiger partial charge in [0.15, 0.2) is 0 Å². The van der Waals surface area contributed by atoms with E-state index in [0.717, 1.165) is 5.56 Å². The molecule has 0 saturated heterocycles. The molecule has 0 aliphatic rings. The van der Waals surface area contributed by atoms with Gasteiger partial charge in [-0.3, -0.25) is 4.90 Å². The Hall–Kier alpha value is -3.12. The van der Waals surface area contributed by atoms with Crippen molar-refractivity contribution in [2.75, 3.05) is 0 Å². The topological polar surface area (TPSA) is 23.5 Å². The van der Waals surface area contributed by atoms with Crippen molar-refractivity contribution in [3.8, 4) is 11.8 Å². The molecule has 0 spiro atoms. The number of aliphatic hydroxyl groups excluding tert-OH is 1. The molecule has 0 saturated carbocycles. The van der Waals surface area contributed by atoms with E-state index in [-0.39, 0.29) is 6.04 Å². The van der Waals surface area contributed by atoms with E-state index in [1.165, 1.54) is 11.1 Å². The van der Waals surface area contributed by atoms with E-state index in [1.807, 2.05) is 85.8 Å². The summed E-state index contributed by atoms with van der Waals surface area (Å²) in [6.07, 6.45) is 3.02. The Morgan fingerprint density at radius 3 is 1.76 bits per heavy atom. The Kier molecular flexibility index (Phi) is 7.83. The third-order valence-corrected chi connectivity index (χ3v) is 4.70. The summed E-state index contributed by atoms with van der Waals surface area (Å²) >= 11 is 0. The van der Waals surface area contributed by atoms with Gasteiger partial charge in [-0.1, -0.05) is 103 Å². The Morgan fingerprint density at radius 2 is 1.28 bits per heavy atom. The second-order valence-corrected chi connectivity index (χ2v) is 6.97. The number of benzene rings is 3. The molecule has 0 aromatic heterocycles. The first-order valence-corrected chi connectivity index (χ1v) is 9.95. The molecule has 0 aliphatic carbocycles. The molecule has 0 amide bonds. The van der Waals surface area contributed by atoms with Gasteiger partial charge in [0.05, 0.1) is 6.10 Å². The highest BCUT2D eigenvalue weighted by Gasteiger charge is 2.23. The number of allylic oxidation sites excluding steroid dienone is 1. The van der Waals surface area contributed by atoms with E-state index in [9.17, 15) is 5.11 Å². The summed E-state index contributed by atoms with van der Waals surface area (Å²) in [4.78, 5) is 2.24. The third-order valence-electron chi connectivity index (χ3n) is 4.70. The zero-order chi connectivity index (χ0) is 20.3. The first kappa shape index (κ1) is 20.6. The minimum absolute atomic E-state index is 0.327. The van der Waals surface area contributed by atoms with E-state index in [1.54, 1.807) is 0 Å². The van der Waals surface area contributed by atoms with Crippen LogP contribution in [-0.2, 0) is 13.1 Å². The maximum absolute atomic E-state index is 10.9. The van der Waals surface area contributed by atoms with Crippen LogP contribution >= 0.6 is 0 Å². The Labute approximate surface area is 174 Å². The van der Waals surface area contributed by atoms with Gasteiger partial charge >= 0.3 is 0 Å². The summed E-state index contributed by atoms with van der Waals surface area (Å²) < 4.78 is 0.